The molecule has 0 radical (unpaired) electrons. The summed E-state index contributed by atoms with van der Waals surface area (Å²) in [5.41, 5.74) is 3.22. The van der Waals surface area contributed by atoms with E-state index in [1.54, 1.807) is 26.4 Å². The van der Waals surface area contributed by atoms with Gasteiger partial charge in [0.15, 0.2) is 6.29 Å². The molecule has 0 bridgehead atoms. The zero-order chi connectivity index (χ0) is 18.0. The first kappa shape index (κ1) is 17.0. The van der Waals surface area contributed by atoms with Gasteiger partial charge in [-0.2, -0.15) is 0 Å². The SMILES string of the molecule is COc1cc(-c2cccc(N3C(C)=CCC3C)n2)c(OC)cc1C=O. The number of carbonyl (C=O) groups excluding carboxylic acids is 1. The number of allylic oxidation sites excluding steroid dienone is 1. The lowest BCUT2D eigenvalue weighted by Gasteiger charge is -2.25. The van der Waals surface area contributed by atoms with Crippen molar-refractivity contribution in [3.8, 4) is 22.8 Å². The molecule has 2 aromatic rings. The van der Waals surface area contributed by atoms with Gasteiger partial charge in [0.05, 0.1) is 25.5 Å². The Morgan fingerprint density at radius 3 is 2.56 bits per heavy atom. The average Bonchev–Trinajstić information content (AvgIpc) is 2.98. The third-order valence-electron chi connectivity index (χ3n) is 4.51. The molecule has 1 unspecified atom stereocenters. The van der Waals surface area contributed by atoms with Gasteiger partial charge in [-0.1, -0.05) is 12.1 Å². The minimum Gasteiger partial charge on any atom is -0.496 e. The summed E-state index contributed by atoms with van der Waals surface area (Å²) in [6.07, 6.45) is 4.00. The quantitative estimate of drug-likeness (QED) is 0.769. The summed E-state index contributed by atoms with van der Waals surface area (Å²) in [5, 5.41) is 0. The topological polar surface area (TPSA) is 51.7 Å². The van der Waals surface area contributed by atoms with Crippen molar-refractivity contribution < 1.29 is 14.3 Å². The van der Waals surface area contributed by atoms with Crippen LogP contribution >= 0.6 is 0 Å². The second-order valence-corrected chi connectivity index (χ2v) is 6.09. The number of hydrogen-bond donors (Lipinski definition) is 0. The number of methoxy groups -OCH3 is 2. The molecule has 1 aromatic heterocycles. The summed E-state index contributed by atoms with van der Waals surface area (Å²) < 4.78 is 10.8. The van der Waals surface area contributed by atoms with Gasteiger partial charge in [0.25, 0.3) is 0 Å². The van der Waals surface area contributed by atoms with E-state index in [2.05, 4.69) is 24.8 Å². The van der Waals surface area contributed by atoms with E-state index in [1.165, 1.54) is 5.70 Å². The minimum absolute atomic E-state index is 0.386. The maximum Gasteiger partial charge on any atom is 0.153 e. The van der Waals surface area contributed by atoms with Crippen molar-refractivity contribution in [2.75, 3.05) is 19.1 Å². The number of carbonyl (C=O) groups is 1. The lowest BCUT2D eigenvalue weighted by Crippen LogP contribution is -2.27. The van der Waals surface area contributed by atoms with Gasteiger partial charge < -0.3 is 14.4 Å². The maximum absolute atomic E-state index is 11.2. The van der Waals surface area contributed by atoms with Crippen molar-refractivity contribution in [3.05, 3.63) is 47.7 Å². The number of nitrogens with zero attached hydrogens (tertiary/aromatic N) is 2. The molecule has 5 nitrogen and oxygen atoms in total. The fraction of sp³-hybridized carbons (Fsp3) is 0.300. The zero-order valence-corrected chi connectivity index (χ0v) is 14.9. The molecule has 1 atom stereocenters. The van der Waals surface area contributed by atoms with Crippen molar-refractivity contribution in [2.45, 2.75) is 26.3 Å². The molecule has 1 aromatic carbocycles. The van der Waals surface area contributed by atoms with E-state index in [0.717, 1.165) is 29.8 Å². The van der Waals surface area contributed by atoms with Crippen molar-refractivity contribution in [1.29, 1.82) is 0 Å². The van der Waals surface area contributed by atoms with E-state index in [1.807, 2.05) is 18.2 Å². The fourth-order valence-electron chi connectivity index (χ4n) is 3.22. The molecule has 0 N–H and O–H groups in total. The van der Waals surface area contributed by atoms with Crippen molar-refractivity contribution in [3.63, 3.8) is 0 Å². The smallest absolute Gasteiger partial charge is 0.153 e. The Bertz CT molecular complexity index is 830. The number of rotatable bonds is 5. The highest BCUT2D eigenvalue weighted by molar-refractivity contribution is 5.84. The molecule has 0 spiro atoms. The Kier molecular flexibility index (Phi) is 4.74. The van der Waals surface area contributed by atoms with Gasteiger partial charge in [-0.3, -0.25) is 4.79 Å². The number of benzene rings is 1. The Balaban J connectivity index is 2.09. The first-order chi connectivity index (χ1) is 12.1. The van der Waals surface area contributed by atoms with Gasteiger partial charge in [-0.25, -0.2) is 4.98 Å². The second-order valence-electron chi connectivity index (χ2n) is 6.09. The molecule has 0 saturated carbocycles. The van der Waals surface area contributed by atoms with Crippen LogP contribution in [0.4, 0.5) is 5.82 Å². The Morgan fingerprint density at radius 2 is 1.96 bits per heavy atom. The first-order valence-electron chi connectivity index (χ1n) is 8.23. The number of aldehydes is 1. The number of pyridine rings is 1. The van der Waals surface area contributed by atoms with E-state index in [4.69, 9.17) is 14.5 Å². The van der Waals surface area contributed by atoms with Crippen LogP contribution in [0.5, 0.6) is 11.5 Å². The van der Waals surface area contributed by atoms with Gasteiger partial charge in [-0.15, -0.1) is 0 Å². The third kappa shape index (κ3) is 3.09. The summed E-state index contributed by atoms with van der Waals surface area (Å²) in [7, 11) is 3.13. The molecule has 5 heteroatoms. The number of ether oxygens (including phenoxy) is 2. The number of hydrogen-bond acceptors (Lipinski definition) is 5. The van der Waals surface area contributed by atoms with Crippen LogP contribution in [-0.2, 0) is 0 Å². The normalized spacial score (nSPS) is 16.6. The number of anilines is 1. The van der Waals surface area contributed by atoms with Gasteiger partial charge in [0.2, 0.25) is 0 Å². The van der Waals surface area contributed by atoms with Crippen molar-refractivity contribution in [2.24, 2.45) is 0 Å². The molecular weight excluding hydrogens is 316 g/mol. The van der Waals surface area contributed by atoms with Crippen LogP contribution in [0.1, 0.15) is 30.6 Å². The molecule has 0 amide bonds. The van der Waals surface area contributed by atoms with Gasteiger partial charge in [0.1, 0.15) is 17.3 Å². The highest BCUT2D eigenvalue weighted by Gasteiger charge is 2.23. The molecule has 130 valence electrons. The van der Waals surface area contributed by atoms with Crippen LogP contribution in [0.2, 0.25) is 0 Å². The maximum atomic E-state index is 11.2. The van der Waals surface area contributed by atoms with Crippen LogP contribution in [0.3, 0.4) is 0 Å². The highest BCUT2D eigenvalue weighted by atomic mass is 16.5. The van der Waals surface area contributed by atoms with Crippen LogP contribution in [0.15, 0.2) is 42.1 Å². The largest absolute Gasteiger partial charge is 0.496 e. The predicted octanol–water partition coefficient (Wildman–Crippen LogP) is 4.08. The lowest BCUT2D eigenvalue weighted by atomic mass is 10.1. The van der Waals surface area contributed by atoms with E-state index >= 15 is 0 Å². The van der Waals surface area contributed by atoms with Crippen molar-refractivity contribution in [1.82, 2.24) is 4.98 Å². The number of aromatic nitrogens is 1. The highest BCUT2D eigenvalue weighted by Crippen LogP contribution is 2.36. The van der Waals surface area contributed by atoms with Gasteiger partial charge >= 0.3 is 0 Å². The van der Waals surface area contributed by atoms with E-state index in [9.17, 15) is 4.79 Å². The van der Waals surface area contributed by atoms with Crippen LogP contribution < -0.4 is 14.4 Å². The van der Waals surface area contributed by atoms with Crippen molar-refractivity contribution >= 4 is 12.1 Å². The Labute approximate surface area is 147 Å². The van der Waals surface area contributed by atoms with E-state index in [-0.39, 0.29) is 0 Å². The Morgan fingerprint density at radius 1 is 1.20 bits per heavy atom. The summed E-state index contributed by atoms with van der Waals surface area (Å²) in [4.78, 5) is 18.3. The summed E-state index contributed by atoms with van der Waals surface area (Å²) in [6.45, 7) is 4.28. The Hall–Kier alpha value is -2.82. The van der Waals surface area contributed by atoms with E-state index in [0.29, 0.717) is 23.1 Å². The fourth-order valence-corrected chi connectivity index (χ4v) is 3.22. The molecule has 1 aliphatic rings. The van der Waals surface area contributed by atoms with Gasteiger partial charge in [0, 0.05) is 17.3 Å². The first-order valence-corrected chi connectivity index (χ1v) is 8.23. The zero-order valence-electron chi connectivity index (χ0n) is 14.9. The summed E-state index contributed by atoms with van der Waals surface area (Å²) >= 11 is 0. The molecule has 0 fully saturated rings. The third-order valence-corrected chi connectivity index (χ3v) is 4.51. The molecule has 1 aliphatic heterocycles. The molecular formula is C20H22N2O3. The molecule has 0 saturated heterocycles. The van der Waals surface area contributed by atoms with E-state index < -0.39 is 0 Å². The summed E-state index contributed by atoms with van der Waals surface area (Å²) in [6, 6.07) is 9.78. The minimum atomic E-state index is 0.386. The monoisotopic (exact) mass is 338 g/mol. The second kappa shape index (κ2) is 6.97. The van der Waals surface area contributed by atoms with Crippen LogP contribution in [-0.4, -0.2) is 31.5 Å². The summed E-state index contributed by atoms with van der Waals surface area (Å²) in [5.74, 6) is 2.00. The molecule has 3 rings (SSSR count). The molecule has 0 aliphatic carbocycles. The predicted molar refractivity (Wildman–Crippen MR) is 98.5 cm³/mol. The molecule has 2 heterocycles. The van der Waals surface area contributed by atoms with Crippen LogP contribution in [0, 0.1) is 0 Å². The lowest BCUT2D eigenvalue weighted by molar-refractivity contribution is 0.112. The van der Waals surface area contributed by atoms with Crippen LogP contribution in [0.25, 0.3) is 11.3 Å². The molecule has 25 heavy (non-hydrogen) atoms. The van der Waals surface area contributed by atoms with Gasteiger partial charge in [-0.05, 0) is 44.5 Å². The average molecular weight is 338 g/mol. The standard InChI is InChI=1S/C20H22N2O3/c1-13-8-9-14(2)22(13)20-7-5-6-17(21-20)16-11-18(24-3)15(12-23)10-19(16)25-4/h5-8,10-12,14H,9H2,1-4H3.